The molecule has 2 heterocycles. The number of aliphatic hydroxyl groups excluding tert-OH is 1. The molecule has 1 saturated heterocycles. The molecule has 2 aliphatic carbocycles. The van der Waals surface area contributed by atoms with Gasteiger partial charge in [0.2, 0.25) is 12.6 Å². The van der Waals surface area contributed by atoms with Crippen molar-refractivity contribution in [3.8, 4) is 28.7 Å². The van der Waals surface area contributed by atoms with E-state index in [1.54, 1.807) is 13.0 Å². The Labute approximate surface area is 275 Å². The van der Waals surface area contributed by atoms with E-state index in [-0.39, 0.29) is 47.6 Å². The number of methoxy groups -OCH3 is 1. The van der Waals surface area contributed by atoms with Crippen LogP contribution in [0.5, 0.6) is 28.7 Å². The van der Waals surface area contributed by atoms with Crippen molar-refractivity contribution in [1.29, 1.82) is 0 Å². The maximum absolute atomic E-state index is 13.9. The van der Waals surface area contributed by atoms with E-state index in [1.165, 1.54) is 32.2 Å². The summed E-state index contributed by atoms with van der Waals surface area (Å²) >= 11 is 0. The maximum atomic E-state index is 13.9. The number of phenols is 2. The lowest BCUT2D eigenvalue weighted by atomic mass is 9.72. The van der Waals surface area contributed by atoms with Gasteiger partial charge in [0, 0.05) is 48.5 Å². The number of ketones is 3. The van der Waals surface area contributed by atoms with Crippen LogP contribution >= 0.6 is 0 Å². The van der Waals surface area contributed by atoms with E-state index in [2.05, 4.69) is 5.32 Å². The lowest BCUT2D eigenvalue weighted by Gasteiger charge is -2.43. The first-order chi connectivity index (χ1) is 22.9. The van der Waals surface area contributed by atoms with Gasteiger partial charge in [-0.1, -0.05) is 18.2 Å². The highest BCUT2D eigenvalue weighted by atomic mass is 16.7. The molecule has 0 amide bonds. The highest BCUT2D eigenvalue weighted by Gasteiger charge is 2.49. The number of hydrogen-bond acceptors (Lipinski definition) is 13. The molecule has 0 unspecified atom stereocenters. The van der Waals surface area contributed by atoms with Crippen LogP contribution in [0.3, 0.4) is 0 Å². The van der Waals surface area contributed by atoms with Crippen molar-refractivity contribution < 1.29 is 58.5 Å². The topological polar surface area (TPSA) is 190 Å². The summed E-state index contributed by atoms with van der Waals surface area (Å²) in [4.78, 5) is 40.3. The number of phenolic OH excluding ortho intramolecular Hbond substituents is 2. The molecule has 3 aromatic carbocycles. The molecule has 2 aliphatic heterocycles. The van der Waals surface area contributed by atoms with Gasteiger partial charge in [0.1, 0.15) is 22.8 Å². The molecule has 5 N–H and O–H groups in total. The van der Waals surface area contributed by atoms with E-state index in [4.69, 9.17) is 23.7 Å². The van der Waals surface area contributed by atoms with Crippen molar-refractivity contribution in [3.05, 3.63) is 75.3 Å². The average molecular weight is 662 g/mol. The zero-order valence-electron chi connectivity index (χ0n) is 26.4. The first-order valence-corrected chi connectivity index (χ1v) is 15.6. The summed E-state index contributed by atoms with van der Waals surface area (Å²) in [6.45, 7) is 3.38. The molecule has 0 aromatic heterocycles. The van der Waals surface area contributed by atoms with Gasteiger partial charge in [0.25, 0.3) is 0 Å². The molecule has 0 bridgehead atoms. The summed E-state index contributed by atoms with van der Waals surface area (Å²) in [5.74, 6) is -1.93. The number of fused-ring (bicyclic) bond motifs is 4. The number of aromatic hydroxyl groups is 2. The van der Waals surface area contributed by atoms with Crippen molar-refractivity contribution >= 4 is 17.3 Å². The molecule has 13 heteroatoms. The number of benzene rings is 3. The third-order valence-corrected chi connectivity index (χ3v) is 9.76. The van der Waals surface area contributed by atoms with Crippen molar-refractivity contribution in [2.24, 2.45) is 0 Å². The molecular formula is C35H35NO12. The molecule has 0 radical (unpaired) electrons. The minimum atomic E-state index is -2.03. The quantitative estimate of drug-likeness (QED) is 0.182. The molecule has 252 valence electrons. The summed E-state index contributed by atoms with van der Waals surface area (Å²) in [6, 6.07) is 9.46. The predicted molar refractivity (Wildman–Crippen MR) is 166 cm³/mol. The smallest absolute Gasteiger partial charge is 0.231 e. The van der Waals surface area contributed by atoms with Gasteiger partial charge < -0.3 is 49.4 Å². The third kappa shape index (κ3) is 5.09. The number of carbonyl (C=O) groups is 3. The van der Waals surface area contributed by atoms with Crippen LogP contribution in [0.4, 0.5) is 0 Å². The number of carbonyl (C=O) groups excluding carboxylic acids is 3. The number of nitrogens with one attached hydrogen (secondary N) is 1. The largest absolute Gasteiger partial charge is 0.507 e. The number of Topliss-reactive ketones (excluding diaryl/α,β-unsaturated/α-hetero) is 1. The highest BCUT2D eigenvalue weighted by molar-refractivity contribution is 6.31. The normalized spacial score (nSPS) is 27.2. The molecule has 7 rings (SSSR count). The SMILES string of the molecule is COc1cccc2c1C(=O)c1c(O)c3c(c(O)c1C2=O)C[C@@](O)(C(C)=O)C[C@@H]3O[C@H]1C[C@H](NCc2ccc3c(c2)OCO3)[C@H](O)[C@H](C)O1. The van der Waals surface area contributed by atoms with E-state index >= 15 is 0 Å². The molecule has 48 heavy (non-hydrogen) atoms. The number of ether oxygens (including phenoxy) is 5. The van der Waals surface area contributed by atoms with Gasteiger partial charge in [-0.2, -0.15) is 0 Å². The average Bonchev–Trinajstić information content (AvgIpc) is 3.53. The van der Waals surface area contributed by atoms with E-state index in [9.17, 15) is 34.8 Å². The molecule has 4 aliphatic rings. The standard InChI is InChI=1S/C35H35NO12/c1-15-30(38)20(36-13-17-7-8-21-23(9-17)46-14-45-21)10-25(47-15)48-24-12-35(43,16(2)37)11-19-27(24)34(42)29-28(32(19)40)31(39)18-5-4-6-22(44-3)26(18)33(29)41/h4-9,15,20,24-25,30,36,38,40,42-43H,10-14H2,1-3H3/t15-,20-,24-,25-,30+,35-/m0/s1. The second-order valence-corrected chi connectivity index (χ2v) is 12.6. The maximum Gasteiger partial charge on any atom is 0.231 e. The number of hydrogen-bond donors (Lipinski definition) is 5. The minimum Gasteiger partial charge on any atom is -0.507 e. The summed E-state index contributed by atoms with van der Waals surface area (Å²) < 4.78 is 28.5. The fraction of sp³-hybridized carbons (Fsp3) is 0.400. The van der Waals surface area contributed by atoms with E-state index in [0.29, 0.717) is 18.0 Å². The second kappa shape index (κ2) is 11.9. The molecule has 3 aromatic rings. The van der Waals surface area contributed by atoms with E-state index in [1.807, 2.05) is 12.1 Å². The van der Waals surface area contributed by atoms with Crippen molar-refractivity contribution in [2.45, 2.75) is 75.9 Å². The zero-order chi connectivity index (χ0) is 34.1. The molecule has 6 atom stereocenters. The number of rotatable bonds is 7. The first-order valence-electron chi connectivity index (χ1n) is 15.6. The lowest BCUT2D eigenvalue weighted by molar-refractivity contribution is -0.249. The lowest BCUT2D eigenvalue weighted by Crippen LogP contribution is -2.54. The van der Waals surface area contributed by atoms with Gasteiger partial charge in [-0.15, -0.1) is 0 Å². The summed E-state index contributed by atoms with van der Waals surface area (Å²) in [6.07, 6.45) is -4.55. The Kier molecular flexibility index (Phi) is 7.92. The monoisotopic (exact) mass is 661 g/mol. The van der Waals surface area contributed by atoms with Crippen LogP contribution in [-0.2, 0) is 27.2 Å². The van der Waals surface area contributed by atoms with Crippen molar-refractivity contribution in [1.82, 2.24) is 5.32 Å². The highest BCUT2D eigenvalue weighted by Crippen LogP contribution is 2.52. The Balaban J connectivity index is 1.22. The number of aliphatic hydroxyl groups is 2. The second-order valence-electron chi connectivity index (χ2n) is 12.6. The van der Waals surface area contributed by atoms with Gasteiger partial charge in [-0.3, -0.25) is 14.4 Å². The van der Waals surface area contributed by atoms with Crippen molar-refractivity contribution in [2.75, 3.05) is 13.9 Å². The van der Waals surface area contributed by atoms with Crippen LogP contribution in [0.25, 0.3) is 0 Å². The van der Waals surface area contributed by atoms with E-state index in [0.717, 1.165) is 5.56 Å². The van der Waals surface area contributed by atoms with E-state index < -0.39 is 82.6 Å². The minimum absolute atomic E-state index is 0.0191. The fourth-order valence-corrected chi connectivity index (χ4v) is 7.13. The van der Waals surface area contributed by atoms with Crippen LogP contribution in [-0.4, -0.2) is 81.8 Å². The Morgan fingerprint density at radius 2 is 1.79 bits per heavy atom. The Hall–Kier alpha value is -4.53. The zero-order valence-corrected chi connectivity index (χ0v) is 26.4. The summed E-state index contributed by atoms with van der Waals surface area (Å²) in [7, 11) is 1.35. The predicted octanol–water partition coefficient (Wildman–Crippen LogP) is 2.59. The molecule has 13 nitrogen and oxygen atoms in total. The van der Waals surface area contributed by atoms with Gasteiger partial charge in [-0.05, 0) is 37.6 Å². The molecule has 1 fully saturated rings. The Morgan fingerprint density at radius 1 is 1.04 bits per heavy atom. The Morgan fingerprint density at radius 3 is 2.54 bits per heavy atom. The van der Waals surface area contributed by atoms with Crippen molar-refractivity contribution in [3.63, 3.8) is 0 Å². The van der Waals surface area contributed by atoms with Gasteiger partial charge in [0.05, 0.1) is 42.1 Å². The van der Waals surface area contributed by atoms with Crippen LogP contribution in [0.15, 0.2) is 36.4 Å². The fourth-order valence-electron chi connectivity index (χ4n) is 7.13. The van der Waals surface area contributed by atoms with Crippen LogP contribution in [0, 0.1) is 0 Å². The molecule has 0 saturated carbocycles. The summed E-state index contributed by atoms with van der Waals surface area (Å²) in [5.41, 5.74) is -2.20. The first kappa shape index (κ1) is 32.0. The third-order valence-electron chi connectivity index (χ3n) is 9.76. The van der Waals surface area contributed by atoms with Crippen LogP contribution in [0.1, 0.15) is 81.3 Å². The van der Waals surface area contributed by atoms with Gasteiger partial charge in [0.15, 0.2) is 29.4 Å². The Bertz CT molecular complexity index is 1860. The van der Waals surface area contributed by atoms with Gasteiger partial charge in [-0.25, -0.2) is 0 Å². The van der Waals surface area contributed by atoms with Crippen LogP contribution < -0.4 is 19.5 Å². The summed E-state index contributed by atoms with van der Waals surface area (Å²) in [5, 5.41) is 49.1. The van der Waals surface area contributed by atoms with Gasteiger partial charge >= 0.3 is 0 Å². The van der Waals surface area contributed by atoms with Crippen LogP contribution in [0.2, 0.25) is 0 Å². The molecular weight excluding hydrogens is 626 g/mol. The molecule has 0 spiro atoms.